The molecule has 0 saturated carbocycles. The zero-order valence-corrected chi connectivity index (χ0v) is 13.6. The van der Waals surface area contributed by atoms with Crippen LogP contribution in [0.15, 0.2) is 36.4 Å². The summed E-state index contributed by atoms with van der Waals surface area (Å²) in [6.45, 7) is 8.42. The molecule has 2 aromatic carbocycles. The second kappa shape index (κ2) is 9.85. The third-order valence-corrected chi connectivity index (χ3v) is 2.13. The molecule has 0 N–H and O–H groups in total. The Kier molecular flexibility index (Phi) is 9.77. The molecule has 0 unspecified atom stereocenters. The van der Waals surface area contributed by atoms with Gasteiger partial charge < -0.3 is 0 Å². The van der Waals surface area contributed by atoms with E-state index in [-0.39, 0.29) is 14.4 Å². The van der Waals surface area contributed by atoms with Crippen LogP contribution in [-0.2, 0) is 14.4 Å². The third kappa shape index (κ3) is 9.56. The molecule has 0 atom stereocenters. The Bertz CT molecular complexity index is 331. The van der Waals surface area contributed by atoms with Crippen LogP contribution in [0.3, 0.4) is 0 Å². The molecule has 0 heterocycles. The fourth-order valence-corrected chi connectivity index (χ4v) is 1.44. The fraction of sp³-hybridized carbons (Fsp3) is 0.286. The number of halogens is 2. The molecule has 0 radical (unpaired) electrons. The Morgan fingerprint density at radius 3 is 1.24 bits per heavy atom. The van der Waals surface area contributed by atoms with Crippen LogP contribution in [0.5, 0.6) is 0 Å². The van der Waals surface area contributed by atoms with Crippen molar-refractivity contribution < 1.29 is 14.4 Å². The molecule has 0 aliphatic carbocycles. The Morgan fingerprint density at radius 2 is 1.18 bits per heavy atom. The van der Waals surface area contributed by atoms with Gasteiger partial charge in [-0.2, -0.15) is 35.4 Å². The molecule has 0 nitrogen and oxygen atoms in total. The number of hydrogen-bond donors (Lipinski definition) is 0. The molecule has 95 valence electrons. The van der Waals surface area contributed by atoms with Crippen molar-refractivity contribution >= 4 is 19.7 Å². The second-order valence-electron chi connectivity index (χ2n) is 4.00. The van der Waals surface area contributed by atoms with Gasteiger partial charge in [0.05, 0.1) is 0 Å². The minimum absolute atomic E-state index is 0.368. The van der Waals surface area contributed by atoms with Crippen molar-refractivity contribution in [2.24, 2.45) is 0 Å². The predicted molar refractivity (Wildman–Crippen MR) is 74.7 cm³/mol. The van der Waals surface area contributed by atoms with E-state index in [9.17, 15) is 0 Å². The van der Waals surface area contributed by atoms with Gasteiger partial charge in [-0.05, 0) is 0 Å². The van der Waals surface area contributed by atoms with Crippen molar-refractivity contribution in [3.05, 3.63) is 58.7 Å². The summed E-state index contributed by atoms with van der Waals surface area (Å²) in [6.07, 6.45) is 0. The van der Waals surface area contributed by atoms with Crippen LogP contribution in [0.4, 0.5) is 0 Å². The predicted octanol–water partition coefficient (Wildman–Crippen LogP) is 5.42. The van der Waals surface area contributed by atoms with Crippen LogP contribution < -0.4 is 0 Å². The summed E-state index contributed by atoms with van der Waals surface area (Å²) in [6, 6.07) is 12.8. The van der Waals surface area contributed by atoms with Gasteiger partial charge in [0.15, 0.2) is 0 Å². The minimum atomic E-state index is -0.368. The summed E-state index contributed by atoms with van der Waals surface area (Å²) < 4.78 is 0. The van der Waals surface area contributed by atoms with Crippen molar-refractivity contribution in [1.82, 2.24) is 0 Å². The van der Waals surface area contributed by atoms with Crippen LogP contribution in [0.1, 0.15) is 22.3 Å². The molecule has 3 heteroatoms. The van der Waals surface area contributed by atoms with E-state index >= 15 is 0 Å². The molecule has 0 aliphatic heterocycles. The van der Waals surface area contributed by atoms with Crippen LogP contribution in [0.2, 0.25) is 0 Å². The Labute approximate surface area is 120 Å². The maximum absolute atomic E-state index is 4.86. The Balaban J connectivity index is 0.000000247. The van der Waals surface area contributed by atoms with Crippen molar-refractivity contribution in [1.29, 1.82) is 0 Å². The number of rotatable bonds is 0. The second-order valence-corrected chi connectivity index (χ2v) is 6.30. The van der Waals surface area contributed by atoms with Crippen LogP contribution in [-0.4, -0.2) is 0 Å². The van der Waals surface area contributed by atoms with Crippen molar-refractivity contribution in [2.45, 2.75) is 27.7 Å². The fourth-order valence-electron chi connectivity index (χ4n) is 1.44. The average Bonchev–Trinajstić information content (AvgIpc) is 2.78. The van der Waals surface area contributed by atoms with Gasteiger partial charge in [0.1, 0.15) is 0 Å². The maximum atomic E-state index is 4.86. The molecule has 17 heavy (non-hydrogen) atoms. The Hall–Kier alpha value is -0.136. The first-order valence-electron chi connectivity index (χ1n) is 5.31. The van der Waals surface area contributed by atoms with Gasteiger partial charge in [-0.25, -0.2) is 23.3 Å². The molecule has 2 aromatic rings. The van der Waals surface area contributed by atoms with E-state index in [1.54, 1.807) is 0 Å². The van der Waals surface area contributed by atoms with Gasteiger partial charge in [-0.15, -0.1) is 0 Å². The molecular formula is C14H18Cl2V-2. The summed E-state index contributed by atoms with van der Waals surface area (Å²) in [4.78, 5) is 0. The molecule has 2 rings (SSSR count). The van der Waals surface area contributed by atoms with Gasteiger partial charge in [-0.1, -0.05) is 27.7 Å². The Morgan fingerprint density at radius 1 is 0.882 bits per heavy atom. The molecule has 0 bridgehead atoms. The van der Waals surface area contributed by atoms with Gasteiger partial charge >= 0.3 is 34.1 Å². The van der Waals surface area contributed by atoms with E-state index in [4.69, 9.17) is 19.7 Å². The number of hydrogen-bond acceptors (Lipinski definition) is 0. The first kappa shape index (κ1) is 16.9. The van der Waals surface area contributed by atoms with Crippen LogP contribution in [0, 0.1) is 27.7 Å². The van der Waals surface area contributed by atoms with E-state index in [0.29, 0.717) is 0 Å². The first-order valence-corrected chi connectivity index (χ1v) is 9.16. The first-order chi connectivity index (χ1) is 7.99. The molecule has 0 amide bonds. The zero-order chi connectivity index (χ0) is 13.3. The molecule has 0 spiro atoms. The van der Waals surface area contributed by atoms with Crippen molar-refractivity contribution in [2.75, 3.05) is 0 Å². The number of aryl methyl sites for hydroxylation is 4. The summed E-state index contributed by atoms with van der Waals surface area (Å²) in [7, 11) is 9.72. The molecule has 0 saturated heterocycles. The van der Waals surface area contributed by atoms with Crippen molar-refractivity contribution in [3.8, 4) is 0 Å². The standard InChI is InChI=1S/2C7H9.2ClH.V/c2*1-6-3-4-7(2)5-6;;;/h2*3-5H,1-2H3;2*1H;/q2*-1;;;+2/p-2. The molecular weight excluding hydrogens is 290 g/mol. The summed E-state index contributed by atoms with van der Waals surface area (Å²) in [5, 5.41) is 0. The zero-order valence-electron chi connectivity index (χ0n) is 10.7. The SMILES string of the molecule is Cc1cc[c-](C)c1.Cc1cc[c-](C)c1.[Cl][V][Cl]. The quantitative estimate of drug-likeness (QED) is 0.570. The van der Waals surface area contributed by atoms with Crippen LogP contribution >= 0.6 is 19.7 Å². The van der Waals surface area contributed by atoms with Gasteiger partial charge in [0.25, 0.3) is 0 Å². The molecule has 0 fully saturated rings. The van der Waals surface area contributed by atoms with Gasteiger partial charge in [0, 0.05) is 0 Å². The summed E-state index contributed by atoms with van der Waals surface area (Å²) in [5.74, 6) is 0. The average molecular weight is 308 g/mol. The van der Waals surface area contributed by atoms with Gasteiger partial charge in [-0.3, -0.25) is 0 Å². The van der Waals surface area contributed by atoms with Gasteiger partial charge in [0.2, 0.25) is 0 Å². The summed E-state index contributed by atoms with van der Waals surface area (Å²) in [5.41, 5.74) is 5.44. The summed E-state index contributed by atoms with van der Waals surface area (Å²) >= 11 is -0.368. The van der Waals surface area contributed by atoms with E-state index in [1.165, 1.54) is 22.3 Å². The molecule has 0 aliphatic rings. The van der Waals surface area contributed by atoms with E-state index in [1.807, 2.05) is 0 Å². The van der Waals surface area contributed by atoms with Crippen molar-refractivity contribution in [3.63, 3.8) is 0 Å². The van der Waals surface area contributed by atoms with E-state index < -0.39 is 0 Å². The van der Waals surface area contributed by atoms with E-state index in [2.05, 4.69) is 64.1 Å². The monoisotopic (exact) mass is 307 g/mol. The topological polar surface area (TPSA) is 0 Å². The molecule has 0 aromatic heterocycles. The third-order valence-electron chi connectivity index (χ3n) is 2.13. The normalized spacial score (nSPS) is 8.59. The van der Waals surface area contributed by atoms with E-state index in [0.717, 1.165) is 0 Å². The van der Waals surface area contributed by atoms with Crippen LogP contribution in [0.25, 0.3) is 0 Å².